The summed E-state index contributed by atoms with van der Waals surface area (Å²) in [6.07, 6.45) is 2.54. The van der Waals surface area contributed by atoms with Gasteiger partial charge in [-0.2, -0.15) is 0 Å². The number of hydrogen-bond donors (Lipinski definition) is 1. The van der Waals surface area contributed by atoms with Crippen LogP contribution in [0.2, 0.25) is 5.02 Å². The number of esters is 1. The van der Waals surface area contributed by atoms with Gasteiger partial charge in [0, 0.05) is 35.6 Å². The maximum Gasteiger partial charge on any atom is 0.338 e. The van der Waals surface area contributed by atoms with Crippen LogP contribution in [0.3, 0.4) is 0 Å². The number of benzene rings is 1. The van der Waals surface area contributed by atoms with E-state index < -0.39 is 12.0 Å². The van der Waals surface area contributed by atoms with Gasteiger partial charge in [0.1, 0.15) is 0 Å². The lowest BCUT2D eigenvalue weighted by atomic mass is 9.94. The zero-order valence-electron chi connectivity index (χ0n) is 19.0. The predicted molar refractivity (Wildman–Crippen MR) is 134 cm³/mol. The Labute approximate surface area is 207 Å². The van der Waals surface area contributed by atoms with Crippen LogP contribution in [0.1, 0.15) is 37.6 Å². The minimum Gasteiger partial charge on any atom is -0.463 e. The van der Waals surface area contributed by atoms with Gasteiger partial charge in [0.25, 0.3) is 0 Å². The van der Waals surface area contributed by atoms with Gasteiger partial charge in [-0.25, -0.2) is 9.79 Å². The standard InChI is InChI=1S/C25H25ClN4O3S/c1-3-33-24(32)22-16(2)29-25-30(23(22)17-7-6-8-18(26)13-17)20(15-34-25)14-21(31)28-12-10-19-9-4-5-11-27-19/h4-9,11,13,15,23H,3,10,12,14H2,1-2H3,(H,28,31). The number of pyridine rings is 1. The van der Waals surface area contributed by atoms with Gasteiger partial charge in [0.15, 0.2) is 5.17 Å². The van der Waals surface area contributed by atoms with Gasteiger partial charge in [0.05, 0.1) is 30.3 Å². The molecule has 0 fully saturated rings. The van der Waals surface area contributed by atoms with Crippen molar-refractivity contribution in [3.8, 4) is 0 Å². The Morgan fingerprint density at radius 1 is 1.24 bits per heavy atom. The van der Waals surface area contributed by atoms with Gasteiger partial charge in [-0.1, -0.05) is 41.6 Å². The molecule has 2 aliphatic rings. The SMILES string of the molecule is CCOC(=O)C1=C(C)N=C2SC=C(CC(=O)NCCc3ccccn3)N2C1c1cccc(Cl)c1. The molecule has 0 bridgehead atoms. The monoisotopic (exact) mass is 496 g/mol. The third-order valence-electron chi connectivity index (χ3n) is 5.43. The molecule has 1 amide bonds. The van der Waals surface area contributed by atoms with Crippen molar-refractivity contribution >= 4 is 40.4 Å². The first kappa shape index (κ1) is 24.0. The highest BCUT2D eigenvalue weighted by Gasteiger charge is 2.41. The normalized spacial score (nSPS) is 17.1. The highest BCUT2D eigenvalue weighted by Crippen LogP contribution is 2.45. The first-order chi connectivity index (χ1) is 16.5. The first-order valence-electron chi connectivity index (χ1n) is 11.0. The quantitative estimate of drug-likeness (QED) is 0.537. The fourth-order valence-electron chi connectivity index (χ4n) is 3.93. The summed E-state index contributed by atoms with van der Waals surface area (Å²) in [5, 5.41) is 6.15. The van der Waals surface area contributed by atoms with E-state index in [1.165, 1.54) is 11.8 Å². The van der Waals surface area contributed by atoms with Gasteiger partial charge in [-0.05, 0) is 49.1 Å². The Bertz CT molecular complexity index is 1180. The number of nitrogens with zero attached hydrogens (tertiary/aromatic N) is 3. The number of nitrogens with one attached hydrogen (secondary N) is 1. The lowest BCUT2D eigenvalue weighted by molar-refractivity contribution is -0.139. The summed E-state index contributed by atoms with van der Waals surface area (Å²) in [4.78, 5) is 36.6. The number of rotatable bonds is 8. The molecule has 9 heteroatoms. The molecule has 3 heterocycles. The number of amides is 1. The van der Waals surface area contributed by atoms with Crippen LogP contribution < -0.4 is 5.32 Å². The molecule has 0 spiro atoms. The summed E-state index contributed by atoms with van der Waals surface area (Å²) >= 11 is 7.73. The van der Waals surface area contributed by atoms with Crippen molar-refractivity contribution in [2.45, 2.75) is 32.7 Å². The van der Waals surface area contributed by atoms with E-state index in [0.717, 1.165) is 17.0 Å². The van der Waals surface area contributed by atoms with Crippen molar-refractivity contribution in [3.05, 3.63) is 87.3 Å². The Balaban J connectivity index is 1.55. The number of fused-ring (bicyclic) bond motifs is 1. The van der Waals surface area contributed by atoms with Gasteiger partial charge in [0.2, 0.25) is 5.91 Å². The first-order valence-corrected chi connectivity index (χ1v) is 12.3. The molecule has 0 aliphatic carbocycles. The lowest BCUT2D eigenvalue weighted by Crippen LogP contribution is -2.38. The van der Waals surface area contributed by atoms with Crippen LogP contribution in [0.4, 0.5) is 0 Å². The highest BCUT2D eigenvalue weighted by atomic mass is 35.5. The molecule has 34 heavy (non-hydrogen) atoms. The fourth-order valence-corrected chi connectivity index (χ4v) is 5.10. The van der Waals surface area contributed by atoms with E-state index in [1.807, 2.05) is 46.7 Å². The number of amidine groups is 1. The second kappa shape index (κ2) is 10.9. The van der Waals surface area contributed by atoms with Crippen molar-refractivity contribution in [1.82, 2.24) is 15.2 Å². The topological polar surface area (TPSA) is 83.9 Å². The number of hydrogen-bond acceptors (Lipinski definition) is 7. The number of aliphatic imine (C=N–C) groups is 1. The molecule has 176 valence electrons. The summed E-state index contributed by atoms with van der Waals surface area (Å²) in [7, 11) is 0. The molecule has 4 rings (SSSR count). The van der Waals surface area contributed by atoms with E-state index >= 15 is 0 Å². The smallest absolute Gasteiger partial charge is 0.338 e. The third-order valence-corrected chi connectivity index (χ3v) is 6.56. The minimum atomic E-state index is -0.493. The molecule has 1 aromatic heterocycles. The molecule has 1 aromatic carbocycles. The highest BCUT2D eigenvalue weighted by molar-refractivity contribution is 8.16. The number of allylic oxidation sites excluding steroid dienone is 1. The number of aromatic nitrogens is 1. The number of ether oxygens (including phenoxy) is 1. The Kier molecular flexibility index (Phi) is 7.70. The van der Waals surface area contributed by atoms with E-state index in [2.05, 4.69) is 15.3 Å². The van der Waals surface area contributed by atoms with Crippen molar-refractivity contribution in [3.63, 3.8) is 0 Å². The maximum absolute atomic E-state index is 13.0. The van der Waals surface area contributed by atoms with E-state index in [4.69, 9.17) is 16.3 Å². The van der Waals surface area contributed by atoms with Crippen LogP contribution in [0.5, 0.6) is 0 Å². The summed E-state index contributed by atoms with van der Waals surface area (Å²) in [5.74, 6) is -0.540. The van der Waals surface area contributed by atoms with Crippen LogP contribution in [0, 0.1) is 0 Å². The number of carbonyl (C=O) groups excluding carboxylic acids is 2. The second-order valence-electron chi connectivity index (χ2n) is 7.77. The average Bonchev–Trinajstić information content (AvgIpc) is 3.20. The van der Waals surface area contributed by atoms with E-state index in [1.54, 1.807) is 26.1 Å². The van der Waals surface area contributed by atoms with Crippen molar-refractivity contribution in [1.29, 1.82) is 0 Å². The van der Waals surface area contributed by atoms with E-state index in [-0.39, 0.29) is 18.9 Å². The van der Waals surface area contributed by atoms with Crippen LogP contribution in [-0.2, 0) is 20.7 Å². The molecule has 0 saturated carbocycles. The van der Waals surface area contributed by atoms with Gasteiger partial charge < -0.3 is 15.0 Å². The van der Waals surface area contributed by atoms with Crippen LogP contribution in [0.15, 0.2) is 76.0 Å². The summed E-state index contributed by atoms with van der Waals surface area (Å²) in [6.45, 7) is 4.32. The Morgan fingerprint density at radius 2 is 2.09 bits per heavy atom. The molecule has 0 radical (unpaired) electrons. The predicted octanol–water partition coefficient (Wildman–Crippen LogP) is 4.62. The molecule has 1 N–H and O–H groups in total. The molecule has 2 aliphatic heterocycles. The summed E-state index contributed by atoms with van der Waals surface area (Å²) in [6, 6.07) is 12.6. The number of carbonyl (C=O) groups is 2. The van der Waals surface area contributed by atoms with E-state index in [9.17, 15) is 9.59 Å². The largest absolute Gasteiger partial charge is 0.463 e. The second-order valence-corrected chi connectivity index (χ2v) is 9.04. The van der Waals surface area contributed by atoms with E-state index in [0.29, 0.717) is 34.4 Å². The molecule has 1 unspecified atom stereocenters. The molecular formula is C25H25ClN4O3S. The minimum absolute atomic E-state index is 0.113. The molecule has 0 saturated heterocycles. The van der Waals surface area contributed by atoms with Crippen LogP contribution in [-0.4, -0.2) is 40.1 Å². The average molecular weight is 497 g/mol. The molecule has 1 atom stereocenters. The van der Waals surface area contributed by atoms with Crippen molar-refractivity contribution < 1.29 is 14.3 Å². The third kappa shape index (κ3) is 5.34. The number of halogens is 1. The summed E-state index contributed by atoms with van der Waals surface area (Å²) in [5.41, 5.74) is 3.54. The zero-order valence-corrected chi connectivity index (χ0v) is 20.5. The van der Waals surface area contributed by atoms with Crippen molar-refractivity contribution in [2.24, 2.45) is 4.99 Å². The van der Waals surface area contributed by atoms with Crippen molar-refractivity contribution in [2.75, 3.05) is 13.2 Å². The van der Waals surface area contributed by atoms with Crippen LogP contribution in [0.25, 0.3) is 0 Å². The fraction of sp³-hybridized carbons (Fsp3) is 0.280. The molecular weight excluding hydrogens is 472 g/mol. The Morgan fingerprint density at radius 3 is 2.82 bits per heavy atom. The maximum atomic E-state index is 13.0. The zero-order chi connectivity index (χ0) is 24.1. The number of thioether (sulfide) groups is 1. The van der Waals surface area contributed by atoms with Gasteiger partial charge in [-0.15, -0.1) is 0 Å². The van der Waals surface area contributed by atoms with Gasteiger partial charge in [-0.3, -0.25) is 9.78 Å². The van der Waals surface area contributed by atoms with Crippen LogP contribution >= 0.6 is 23.4 Å². The molecule has 2 aromatic rings. The summed E-state index contributed by atoms with van der Waals surface area (Å²) < 4.78 is 5.36. The Hall–Kier alpha value is -3.10. The molecule has 7 nitrogen and oxygen atoms in total. The van der Waals surface area contributed by atoms with Gasteiger partial charge >= 0.3 is 5.97 Å². The lowest BCUT2D eigenvalue weighted by Gasteiger charge is -2.36.